The van der Waals surface area contributed by atoms with E-state index in [0.717, 1.165) is 5.75 Å². The van der Waals surface area contributed by atoms with Gasteiger partial charge < -0.3 is 0 Å². The van der Waals surface area contributed by atoms with Crippen LogP contribution in [0.1, 0.15) is 5.56 Å². The molecule has 0 spiro atoms. The van der Waals surface area contributed by atoms with Gasteiger partial charge in [0.25, 0.3) is 5.56 Å². The van der Waals surface area contributed by atoms with Crippen molar-refractivity contribution in [2.75, 3.05) is 0 Å². The molecule has 1 aromatic heterocycles. The van der Waals surface area contributed by atoms with E-state index >= 15 is 0 Å². The number of aromatic amines is 1. The molecule has 3 rings (SSSR count). The summed E-state index contributed by atoms with van der Waals surface area (Å²) in [5.74, 6) is 0.746. The zero-order valence-electron chi connectivity index (χ0n) is 10.0. The minimum Gasteiger partial charge on any atom is -0.299 e. The minimum absolute atomic E-state index is 0.226. The molecule has 94 valence electrons. The highest BCUT2D eigenvalue weighted by atomic mass is 32.2. The Kier molecular flexibility index (Phi) is 3.29. The first-order chi connectivity index (χ1) is 9.33. The van der Waals surface area contributed by atoms with E-state index in [-0.39, 0.29) is 5.56 Å². The van der Waals surface area contributed by atoms with Gasteiger partial charge in [-0.25, -0.2) is 0 Å². The maximum atomic E-state index is 11.1. The Bertz CT molecular complexity index is 764. The average Bonchev–Trinajstić information content (AvgIpc) is 2.45. The smallest absolute Gasteiger partial charge is 0.270 e. The van der Waals surface area contributed by atoms with Gasteiger partial charge >= 0.3 is 0 Å². The van der Waals surface area contributed by atoms with Crippen molar-refractivity contribution in [2.45, 2.75) is 10.9 Å². The monoisotopic (exact) mass is 269 g/mol. The number of hydrogen-bond donors (Lipinski definition) is 1. The maximum Gasteiger partial charge on any atom is 0.270 e. The normalized spacial score (nSPS) is 10.7. The van der Waals surface area contributed by atoms with E-state index in [9.17, 15) is 4.79 Å². The molecule has 1 heterocycles. The van der Waals surface area contributed by atoms with E-state index in [4.69, 9.17) is 0 Å². The molecule has 0 saturated heterocycles. The van der Waals surface area contributed by atoms with E-state index in [0.29, 0.717) is 5.16 Å². The molecule has 0 aliphatic rings. The lowest BCUT2D eigenvalue weighted by atomic mass is 10.1. The first-order valence-electron chi connectivity index (χ1n) is 5.84. The second-order valence-electron chi connectivity index (χ2n) is 4.07. The molecule has 19 heavy (non-hydrogen) atoms. The summed E-state index contributed by atoms with van der Waals surface area (Å²) >= 11 is 1.47. The van der Waals surface area contributed by atoms with Gasteiger partial charge in [-0.2, -0.15) is 5.10 Å². The van der Waals surface area contributed by atoms with Gasteiger partial charge in [-0.15, -0.1) is 5.10 Å². The summed E-state index contributed by atoms with van der Waals surface area (Å²) in [6.45, 7) is 0. The lowest BCUT2D eigenvalue weighted by Gasteiger charge is -2.05. The molecule has 0 aliphatic heterocycles. The quantitative estimate of drug-likeness (QED) is 0.742. The van der Waals surface area contributed by atoms with Gasteiger partial charge in [-0.3, -0.25) is 9.78 Å². The zero-order valence-corrected chi connectivity index (χ0v) is 10.9. The highest BCUT2D eigenvalue weighted by molar-refractivity contribution is 7.98. The van der Waals surface area contributed by atoms with Crippen molar-refractivity contribution >= 4 is 22.5 Å². The van der Waals surface area contributed by atoms with Crippen LogP contribution in [-0.4, -0.2) is 15.2 Å². The molecule has 0 atom stereocenters. The maximum absolute atomic E-state index is 11.1. The molecule has 0 aliphatic carbocycles. The molecule has 0 saturated carbocycles. The topological polar surface area (TPSA) is 58.6 Å². The molecule has 4 nitrogen and oxygen atoms in total. The van der Waals surface area contributed by atoms with Crippen molar-refractivity contribution in [3.05, 3.63) is 64.6 Å². The lowest BCUT2D eigenvalue weighted by Crippen LogP contribution is -2.08. The molecule has 1 N–H and O–H groups in total. The Labute approximate surface area is 113 Å². The molecule has 2 aromatic carbocycles. The van der Waals surface area contributed by atoms with E-state index in [1.807, 2.05) is 18.2 Å². The summed E-state index contributed by atoms with van der Waals surface area (Å²) in [7, 11) is 0. The molecule has 0 radical (unpaired) electrons. The first kappa shape index (κ1) is 11.9. The second kappa shape index (κ2) is 5.24. The van der Waals surface area contributed by atoms with Crippen LogP contribution >= 0.6 is 11.8 Å². The van der Waals surface area contributed by atoms with Crippen LogP contribution in [0.15, 0.2) is 58.6 Å². The van der Waals surface area contributed by atoms with E-state index in [1.54, 1.807) is 0 Å². The summed E-state index contributed by atoms with van der Waals surface area (Å²) in [5, 5.41) is 10.5. The molecular formula is C14H11N3OS. The van der Waals surface area contributed by atoms with Gasteiger partial charge in [0.05, 0.1) is 0 Å². The second-order valence-corrected chi connectivity index (χ2v) is 5.03. The number of nitrogens with one attached hydrogen (secondary N) is 1. The molecule has 0 amide bonds. The van der Waals surface area contributed by atoms with Crippen LogP contribution in [0.5, 0.6) is 0 Å². The fourth-order valence-electron chi connectivity index (χ4n) is 1.93. The molecule has 0 bridgehead atoms. The van der Waals surface area contributed by atoms with Crippen molar-refractivity contribution < 1.29 is 0 Å². The van der Waals surface area contributed by atoms with Crippen molar-refractivity contribution in [1.29, 1.82) is 0 Å². The van der Waals surface area contributed by atoms with E-state index in [2.05, 4.69) is 39.4 Å². The van der Waals surface area contributed by atoms with E-state index in [1.165, 1.54) is 34.3 Å². The molecular weight excluding hydrogens is 258 g/mol. The highest BCUT2D eigenvalue weighted by Crippen LogP contribution is 2.24. The van der Waals surface area contributed by atoms with Gasteiger partial charge in [-0.1, -0.05) is 54.2 Å². The van der Waals surface area contributed by atoms with Crippen molar-refractivity contribution in [3.8, 4) is 0 Å². The highest BCUT2D eigenvalue weighted by Gasteiger charge is 2.03. The Morgan fingerprint density at radius 3 is 2.84 bits per heavy atom. The third-order valence-corrected chi connectivity index (χ3v) is 3.71. The summed E-state index contributed by atoms with van der Waals surface area (Å²) < 4.78 is 0. The third-order valence-electron chi connectivity index (χ3n) is 2.80. The third kappa shape index (κ3) is 2.66. The number of benzene rings is 2. The van der Waals surface area contributed by atoms with E-state index < -0.39 is 0 Å². The fraction of sp³-hybridized carbons (Fsp3) is 0.0714. The summed E-state index contributed by atoms with van der Waals surface area (Å²) in [6.07, 6.45) is 1.17. The number of nitrogens with zero attached hydrogens (tertiary/aromatic N) is 2. The average molecular weight is 269 g/mol. The fourth-order valence-corrected chi connectivity index (χ4v) is 2.75. The van der Waals surface area contributed by atoms with Crippen molar-refractivity contribution in [3.63, 3.8) is 0 Å². The van der Waals surface area contributed by atoms with Crippen LogP contribution in [0.25, 0.3) is 10.8 Å². The van der Waals surface area contributed by atoms with Crippen LogP contribution in [0.2, 0.25) is 0 Å². The molecule has 5 heteroatoms. The summed E-state index contributed by atoms with van der Waals surface area (Å²) in [4.78, 5) is 13.8. The van der Waals surface area contributed by atoms with Gasteiger partial charge in [0, 0.05) is 5.75 Å². The SMILES string of the molecule is O=c1cnnc(SCc2cccc3ccccc23)[nH]1. The predicted octanol–water partition coefficient (Wildman–Crippen LogP) is 2.61. The van der Waals surface area contributed by atoms with Crippen molar-refractivity contribution in [2.24, 2.45) is 0 Å². The number of fused-ring (bicyclic) bond motifs is 1. The minimum atomic E-state index is -0.226. The van der Waals surface area contributed by atoms with Crippen LogP contribution in [0.3, 0.4) is 0 Å². The number of aromatic nitrogens is 3. The van der Waals surface area contributed by atoms with Crippen LogP contribution in [0.4, 0.5) is 0 Å². The molecule has 0 fully saturated rings. The van der Waals surface area contributed by atoms with Gasteiger partial charge in [0.2, 0.25) is 0 Å². The summed E-state index contributed by atoms with van der Waals surface area (Å²) in [5.41, 5.74) is 0.991. The van der Waals surface area contributed by atoms with Gasteiger partial charge in [0.15, 0.2) is 5.16 Å². The first-order valence-corrected chi connectivity index (χ1v) is 6.83. The Morgan fingerprint density at radius 1 is 1.11 bits per heavy atom. The predicted molar refractivity (Wildman–Crippen MR) is 76.2 cm³/mol. The lowest BCUT2D eigenvalue weighted by molar-refractivity contribution is 0.817. The zero-order chi connectivity index (χ0) is 13.1. The van der Waals surface area contributed by atoms with Crippen LogP contribution in [-0.2, 0) is 5.75 Å². The van der Waals surface area contributed by atoms with Crippen molar-refractivity contribution in [1.82, 2.24) is 15.2 Å². The Balaban J connectivity index is 1.88. The number of H-pyrrole nitrogens is 1. The Hall–Kier alpha value is -2.14. The van der Waals surface area contributed by atoms with Crippen LogP contribution in [0, 0.1) is 0 Å². The Morgan fingerprint density at radius 2 is 1.95 bits per heavy atom. The summed E-state index contributed by atoms with van der Waals surface area (Å²) in [6, 6.07) is 14.5. The standard InChI is InChI=1S/C14H11N3OS/c18-13-8-15-17-14(16-13)19-9-11-6-3-5-10-4-1-2-7-12(10)11/h1-8H,9H2,(H,16,17,18). The number of rotatable bonds is 3. The number of thioether (sulfide) groups is 1. The molecule has 3 aromatic rings. The van der Waals surface area contributed by atoms with Gasteiger partial charge in [0.1, 0.15) is 6.20 Å². The largest absolute Gasteiger partial charge is 0.299 e. The molecule has 0 unspecified atom stereocenters. The van der Waals surface area contributed by atoms with Gasteiger partial charge in [-0.05, 0) is 16.3 Å². The van der Waals surface area contributed by atoms with Crippen LogP contribution < -0.4 is 5.56 Å². The number of hydrogen-bond acceptors (Lipinski definition) is 4.